The molecule has 0 aromatic heterocycles. The van der Waals surface area contributed by atoms with E-state index in [1.807, 2.05) is 0 Å². The van der Waals surface area contributed by atoms with E-state index in [0.29, 0.717) is 13.0 Å². The van der Waals surface area contributed by atoms with E-state index >= 15 is 0 Å². The van der Waals surface area contributed by atoms with Crippen LogP contribution in [0.25, 0.3) is 0 Å². The molecule has 0 saturated carbocycles. The molecule has 0 aromatic rings. The monoisotopic (exact) mass is 348 g/mol. The quantitative estimate of drug-likeness (QED) is 0.338. The second kappa shape index (κ2) is 3.71. The molecule has 2 amide bonds. The molecule has 2 bridgehead atoms. The Kier molecular flexibility index (Phi) is 2.81. The summed E-state index contributed by atoms with van der Waals surface area (Å²) in [5.41, 5.74) is 0. The first-order valence-electron chi connectivity index (χ1n) is 4.29. The standard InChI is InChI=1S/C6H9IN2O5S/c7-5-2-1-4-3-8(5)6(10)9(4)14-15(11,12)13/h4-5H,1-3H2,(H,11,12,13)/t4-,5-/m0/s1. The molecule has 86 valence electrons. The van der Waals surface area contributed by atoms with Gasteiger partial charge in [0.25, 0.3) is 0 Å². The third kappa shape index (κ3) is 2.19. The van der Waals surface area contributed by atoms with Crippen molar-refractivity contribution in [1.82, 2.24) is 9.96 Å². The van der Waals surface area contributed by atoms with Crippen LogP contribution in [0.3, 0.4) is 0 Å². The molecule has 0 unspecified atom stereocenters. The van der Waals surface area contributed by atoms with Crippen molar-refractivity contribution in [2.45, 2.75) is 22.9 Å². The molecule has 0 radical (unpaired) electrons. The van der Waals surface area contributed by atoms with Crippen molar-refractivity contribution in [3.8, 4) is 0 Å². The van der Waals surface area contributed by atoms with E-state index in [2.05, 4.69) is 26.9 Å². The van der Waals surface area contributed by atoms with Gasteiger partial charge in [-0.1, -0.05) is 22.6 Å². The molecule has 0 aliphatic carbocycles. The van der Waals surface area contributed by atoms with Crippen molar-refractivity contribution < 1.29 is 22.0 Å². The van der Waals surface area contributed by atoms with E-state index in [9.17, 15) is 13.2 Å². The summed E-state index contributed by atoms with van der Waals surface area (Å²) >= 11 is 2.12. The van der Waals surface area contributed by atoms with Gasteiger partial charge < -0.3 is 4.90 Å². The molecule has 1 N–H and O–H groups in total. The van der Waals surface area contributed by atoms with Crippen molar-refractivity contribution in [1.29, 1.82) is 0 Å². The van der Waals surface area contributed by atoms with Crippen molar-refractivity contribution in [2.24, 2.45) is 0 Å². The average molecular weight is 348 g/mol. The zero-order chi connectivity index (χ0) is 11.2. The van der Waals surface area contributed by atoms with Crippen molar-refractivity contribution in [2.75, 3.05) is 6.54 Å². The lowest BCUT2D eigenvalue weighted by molar-refractivity contribution is -0.0316. The van der Waals surface area contributed by atoms with E-state index in [1.54, 1.807) is 0 Å². The topological polar surface area (TPSA) is 87.2 Å². The zero-order valence-electron chi connectivity index (χ0n) is 7.54. The third-order valence-corrected chi connectivity index (χ3v) is 4.07. The molecule has 9 heteroatoms. The van der Waals surface area contributed by atoms with Gasteiger partial charge in [0.05, 0.1) is 10.1 Å². The Labute approximate surface area is 100 Å². The van der Waals surface area contributed by atoms with Gasteiger partial charge in [-0.3, -0.25) is 4.55 Å². The van der Waals surface area contributed by atoms with Gasteiger partial charge in [0.15, 0.2) is 0 Å². The first-order valence-corrected chi connectivity index (χ1v) is 6.90. The van der Waals surface area contributed by atoms with Crippen LogP contribution in [0.2, 0.25) is 0 Å². The molecule has 2 aliphatic heterocycles. The van der Waals surface area contributed by atoms with Gasteiger partial charge in [0.1, 0.15) is 0 Å². The van der Waals surface area contributed by atoms with Gasteiger partial charge in [-0.05, 0) is 12.8 Å². The van der Waals surface area contributed by atoms with Crippen LogP contribution in [0.15, 0.2) is 0 Å². The number of carbonyl (C=O) groups excluding carboxylic acids is 1. The summed E-state index contributed by atoms with van der Waals surface area (Å²) in [7, 11) is -4.62. The summed E-state index contributed by atoms with van der Waals surface area (Å²) in [6, 6.07) is -0.792. The number of hydrogen-bond acceptors (Lipinski definition) is 4. The van der Waals surface area contributed by atoms with Gasteiger partial charge in [-0.15, -0.1) is 4.28 Å². The smallest absolute Gasteiger partial charge is 0.309 e. The van der Waals surface area contributed by atoms with Crippen molar-refractivity contribution >= 4 is 39.0 Å². The van der Waals surface area contributed by atoms with E-state index in [-0.39, 0.29) is 10.1 Å². The van der Waals surface area contributed by atoms with Crippen LogP contribution >= 0.6 is 22.6 Å². The second-order valence-corrected chi connectivity index (χ2v) is 5.87. The number of nitrogens with zero attached hydrogens (tertiary/aromatic N) is 2. The second-order valence-electron chi connectivity index (χ2n) is 3.43. The molecule has 7 nitrogen and oxygen atoms in total. The fraction of sp³-hybridized carbons (Fsp3) is 0.833. The summed E-state index contributed by atoms with van der Waals surface area (Å²) in [5, 5.41) is 0.744. The Bertz CT molecular complexity index is 385. The summed E-state index contributed by atoms with van der Waals surface area (Å²) in [4.78, 5) is 13.1. The summed E-state index contributed by atoms with van der Waals surface area (Å²) in [5.74, 6) is 0. The Balaban J connectivity index is 2.18. The number of rotatable bonds is 2. The summed E-state index contributed by atoms with van der Waals surface area (Å²) in [6.45, 7) is 0.446. The number of alkyl halides is 1. The lowest BCUT2D eigenvalue weighted by Gasteiger charge is -2.25. The van der Waals surface area contributed by atoms with Crippen LogP contribution in [0, 0.1) is 0 Å². The number of piperidine rings is 1. The predicted octanol–water partition coefficient (Wildman–Crippen LogP) is 0.382. The van der Waals surface area contributed by atoms with Gasteiger partial charge >= 0.3 is 16.4 Å². The molecule has 2 aliphatic rings. The Morgan fingerprint density at radius 2 is 2.13 bits per heavy atom. The molecule has 2 rings (SSSR count). The van der Waals surface area contributed by atoms with E-state index < -0.39 is 16.4 Å². The van der Waals surface area contributed by atoms with Crippen LogP contribution in [-0.4, -0.2) is 45.6 Å². The number of hydroxylamine groups is 2. The first-order chi connectivity index (χ1) is 6.88. The number of carbonyl (C=O) groups is 1. The number of fused-ring (bicyclic) bond motifs is 2. The van der Waals surface area contributed by atoms with Gasteiger partial charge in [-0.2, -0.15) is 13.5 Å². The minimum Gasteiger partial charge on any atom is -0.309 e. The largest absolute Gasteiger partial charge is 0.418 e. The molecule has 2 atom stereocenters. The SMILES string of the molecule is O=C1N2C[C@H](CC[C@H]2I)N1OS(=O)(=O)O. The number of halogens is 1. The molecule has 15 heavy (non-hydrogen) atoms. The van der Waals surface area contributed by atoms with Crippen LogP contribution < -0.4 is 0 Å². The molecular weight excluding hydrogens is 339 g/mol. The summed E-state index contributed by atoms with van der Waals surface area (Å²) in [6.07, 6.45) is 1.47. The number of hydrogen-bond donors (Lipinski definition) is 1. The van der Waals surface area contributed by atoms with Crippen LogP contribution in [0.5, 0.6) is 0 Å². The fourth-order valence-corrected chi connectivity index (χ4v) is 3.00. The maximum atomic E-state index is 11.6. The van der Waals surface area contributed by atoms with E-state index in [1.165, 1.54) is 4.90 Å². The average Bonchev–Trinajstić information content (AvgIpc) is 2.35. The maximum Gasteiger partial charge on any atom is 0.418 e. The highest BCUT2D eigenvalue weighted by atomic mass is 127. The minimum absolute atomic E-state index is 0.0568. The van der Waals surface area contributed by atoms with Crippen LogP contribution in [-0.2, 0) is 14.7 Å². The lowest BCUT2D eigenvalue weighted by atomic mass is 10.1. The molecule has 2 saturated heterocycles. The van der Waals surface area contributed by atoms with Gasteiger partial charge in [0.2, 0.25) is 0 Å². The molecule has 0 aromatic carbocycles. The normalized spacial score (nSPS) is 31.2. The zero-order valence-corrected chi connectivity index (χ0v) is 10.5. The number of amides is 2. The van der Waals surface area contributed by atoms with Crippen LogP contribution in [0.4, 0.5) is 4.79 Å². The highest BCUT2D eigenvalue weighted by Crippen LogP contribution is 2.32. The Morgan fingerprint density at radius 3 is 2.67 bits per heavy atom. The predicted molar refractivity (Wildman–Crippen MR) is 57.4 cm³/mol. The molecular formula is C6H9IN2O5S. The molecule has 2 heterocycles. The highest BCUT2D eigenvalue weighted by Gasteiger charge is 2.46. The fourth-order valence-electron chi connectivity index (χ4n) is 1.78. The number of urea groups is 1. The van der Waals surface area contributed by atoms with E-state index in [4.69, 9.17) is 4.55 Å². The molecule has 0 spiro atoms. The third-order valence-electron chi connectivity index (χ3n) is 2.42. The Hall–Kier alpha value is -0.130. The van der Waals surface area contributed by atoms with Gasteiger partial charge in [-0.25, -0.2) is 4.79 Å². The lowest BCUT2D eigenvalue weighted by Crippen LogP contribution is -2.36. The first kappa shape index (κ1) is 11.4. The maximum absolute atomic E-state index is 11.6. The van der Waals surface area contributed by atoms with Crippen molar-refractivity contribution in [3.05, 3.63) is 0 Å². The van der Waals surface area contributed by atoms with E-state index in [0.717, 1.165) is 11.5 Å². The minimum atomic E-state index is -4.62. The molecule has 2 fully saturated rings. The van der Waals surface area contributed by atoms with Crippen LogP contribution in [0.1, 0.15) is 12.8 Å². The highest BCUT2D eigenvalue weighted by molar-refractivity contribution is 14.1. The van der Waals surface area contributed by atoms with Gasteiger partial charge in [0, 0.05) is 6.54 Å². The Morgan fingerprint density at radius 1 is 1.47 bits per heavy atom. The summed E-state index contributed by atoms with van der Waals surface area (Å²) < 4.78 is 33.9. The van der Waals surface area contributed by atoms with Crippen molar-refractivity contribution in [3.63, 3.8) is 0 Å².